The second-order valence-electron chi connectivity index (χ2n) is 5.09. The zero-order valence-electron chi connectivity index (χ0n) is 10.7. The molecule has 2 aromatic rings. The molecule has 0 saturated carbocycles. The van der Waals surface area contributed by atoms with Crippen molar-refractivity contribution in [2.75, 3.05) is 18.0 Å². The van der Waals surface area contributed by atoms with E-state index in [1.807, 2.05) is 23.8 Å². The van der Waals surface area contributed by atoms with Crippen LogP contribution >= 0.6 is 15.9 Å². The molecular weight excluding hydrogens is 292 g/mol. The number of fused-ring (bicyclic) bond motifs is 1. The van der Waals surface area contributed by atoms with Gasteiger partial charge in [-0.1, -0.05) is 22.9 Å². The van der Waals surface area contributed by atoms with Crippen LogP contribution in [0.3, 0.4) is 0 Å². The van der Waals surface area contributed by atoms with Crippen LogP contribution in [0.1, 0.15) is 19.0 Å². The van der Waals surface area contributed by atoms with E-state index in [1.54, 1.807) is 0 Å². The highest BCUT2D eigenvalue weighted by Gasteiger charge is 2.26. The molecule has 1 saturated heterocycles. The lowest BCUT2D eigenvalue weighted by molar-refractivity contribution is 0.455. The van der Waals surface area contributed by atoms with E-state index < -0.39 is 0 Å². The van der Waals surface area contributed by atoms with Gasteiger partial charge in [0.1, 0.15) is 5.52 Å². The van der Waals surface area contributed by atoms with Gasteiger partial charge in [-0.3, -0.25) is 0 Å². The van der Waals surface area contributed by atoms with Crippen molar-refractivity contribution in [3.05, 3.63) is 24.2 Å². The lowest BCUT2D eigenvalue weighted by atomic mass is 9.99. The maximum Gasteiger partial charge on any atom is 0.154 e. The number of hydrogen-bond donors (Lipinski definition) is 0. The minimum Gasteiger partial charge on any atom is -0.354 e. The van der Waals surface area contributed by atoms with E-state index in [0.717, 1.165) is 36.0 Å². The third-order valence-electron chi connectivity index (χ3n) is 3.66. The first kappa shape index (κ1) is 12.0. The number of alkyl halides is 1. The summed E-state index contributed by atoms with van der Waals surface area (Å²) < 4.78 is 1.92. The highest BCUT2D eigenvalue weighted by Crippen LogP contribution is 2.28. The van der Waals surface area contributed by atoms with Gasteiger partial charge in [0.2, 0.25) is 0 Å². The van der Waals surface area contributed by atoms with Crippen LogP contribution in [-0.4, -0.2) is 32.5 Å². The van der Waals surface area contributed by atoms with Gasteiger partial charge in [0, 0.05) is 30.3 Å². The van der Waals surface area contributed by atoms with Gasteiger partial charge < -0.3 is 4.90 Å². The van der Waals surface area contributed by atoms with Gasteiger partial charge in [-0.2, -0.15) is 5.10 Å². The molecule has 96 valence electrons. The zero-order chi connectivity index (χ0) is 12.7. The van der Waals surface area contributed by atoms with Crippen molar-refractivity contribution in [2.45, 2.75) is 25.1 Å². The smallest absolute Gasteiger partial charge is 0.154 e. The summed E-state index contributed by atoms with van der Waals surface area (Å²) >= 11 is 3.77. The summed E-state index contributed by atoms with van der Waals surface area (Å²) in [6.45, 7) is 6.40. The van der Waals surface area contributed by atoms with E-state index >= 15 is 0 Å². The van der Waals surface area contributed by atoms with E-state index in [9.17, 15) is 0 Å². The summed E-state index contributed by atoms with van der Waals surface area (Å²) in [5, 5.41) is 4.44. The quantitative estimate of drug-likeness (QED) is 0.759. The monoisotopic (exact) mass is 308 g/mol. The Morgan fingerprint density at radius 1 is 1.44 bits per heavy atom. The first-order chi connectivity index (χ1) is 8.65. The van der Waals surface area contributed by atoms with E-state index in [0.29, 0.717) is 4.83 Å². The molecule has 0 aromatic carbocycles. The minimum absolute atomic E-state index is 0.539. The van der Waals surface area contributed by atoms with E-state index in [4.69, 9.17) is 0 Å². The van der Waals surface area contributed by atoms with Crippen LogP contribution in [0, 0.1) is 12.8 Å². The zero-order valence-corrected chi connectivity index (χ0v) is 12.3. The molecule has 0 spiro atoms. The maximum atomic E-state index is 4.55. The molecule has 0 bridgehead atoms. The molecule has 0 amide bonds. The van der Waals surface area contributed by atoms with Crippen molar-refractivity contribution in [3.8, 4) is 0 Å². The van der Waals surface area contributed by atoms with E-state index in [-0.39, 0.29) is 0 Å². The van der Waals surface area contributed by atoms with Crippen molar-refractivity contribution in [3.63, 3.8) is 0 Å². The molecule has 3 heterocycles. The molecule has 5 heteroatoms. The Labute approximate surface area is 115 Å². The molecule has 1 aliphatic rings. The minimum atomic E-state index is 0.539. The maximum absolute atomic E-state index is 4.55. The molecule has 2 atom stereocenters. The summed E-state index contributed by atoms with van der Waals surface area (Å²) in [4.78, 5) is 7.44. The third-order valence-corrected chi connectivity index (χ3v) is 4.85. The van der Waals surface area contributed by atoms with Gasteiger partial charge in [0.15, 0.2) is 5.82 Å². The van der Waals surface area contributed by atoms with Crippen molar-refractivity contribution >= 4 is 27.3 Å². The van der Waals surface area contributed by atoms with Gasteiger partial charge in [0.05, 0.1) is 5.69 Å². The molecule has 0 N–H and O–H groups in total. The Morgan fingerprint density at radius 2 is 2.28 bits per heavy atom. The topological polar surface area (TPSA) is 33.4 Å². The normalized spacial score (nSPS) is 24.7. The van der Waals surface area contributed by atoms with Crippen LogP contribution in [0.5, 0.6) is 0 Å². The fourth-order valence-corrected chi connectivity index (χ4v) is 3.10. The predicted molar refractivity (Wildman–Crippen MR) is 76.4 cm³/mol. The number of aryl methyl sites for hydroxylation is 1. The van der Waals surface area contributed by atoms with Gasteiger partial charge in [-0.25, -0.2) is 9.50 Å². The number of aromatic nitrogens is 3. The average molecular weight is 309 g/mol. The van der Waals surface area contributed by atoms with Crippen LogP contribution in [0.25, 0.3) is 5.52 Å². The fourth-order valence-electron chi connectivity index (χ4n) is 2.49. The number of piperidine rings is 1. The molecule has 0 aliphatic carbocycles. The molecule has 1 aliphatic heterocycles. The van der Waals surface area contributed by atoms with E-state index in [2.05, 4.69) is 43.9 Å². The summed E-state index contributed by atoms with van der Waals surface area (Å²) in [7, 11) is 0. The number of nitrogens with zero attached hydrogens (tertiary/aromatic N) is 4. The third kappa shape index (κ3) is 2.00. The highest BCUT2D eigenvalue weighted by molar-refractivity contribution is 9.09. The van der Waals surface area contributed by atoms with Crippen LogP contribution in [0.4, 0.5) is 5.82 Å². The van der Waals surface area contributed by atoms with Gasteiger partial charge in [0.25, 0.3) is 0 Å². The molecule has 0 radical (unpaired) electrons. The average Bonchev–Trinajstić information content (AvgIpc) is 2.72. The number of rotatable bonds is 1. The van der Waals surface area contributed by atoms with Gasteiger partial charge >= 0.3 is 0 Å². The van der Waals surface area contributed by atoms with Crippen molar-refractivity contribution in [1.82, 2.24) is 14.6 Å². The second-order valence-corrected chi connectivity index (χ2v) is 6.27. The Morgan fingerprint density at radius 3 is 3.06 bits per heavy atom. The van der Waals surface area contributed by atoms with Gasteiger partial charge in [-0.15, -0.1) is 0 Å². The summed E-state index contributed by atoms with van der Waals surface area (Å²) in [6.07, 6.45) is 4.94. The standard InChI is InChI=1S/C13H17BrN4/c1-9-3-5-17(8-11(9)14)13-12-7-10(2)16-18(12)6-4-15-13/h4,6-7,9,11H,3,5,8H2,1-2H3. The fraction of sp³-hybridized carbons (Fsp3) is 0.538. The molecular formula is C13H17BrN4. The molecule has 2 unspecified atom stereocenters. The highest BCUT2D eigenvalue weighted by atomic mass is 79.9. The molecule has 2 aromatic heterocycles. The summed E-state index contributed by atoms with van der Waals surface area (Å²) in [6, 6.07) is 2.10. The Balaban J connectivity index is 1.99. The van der Waals surface area contributed by atoms with Crippen molar-refractivity contribution in [2.24, 2.45) is 5.92 Å². The molecule has 4 nitrogen and oxygen atoms in total. The first-order valence-corrected chi connectivity index (χ1v) is 7.27. The molecule has 1 fully saturated rings. The Hall–Kier alpha value is -1.10. The Kier molecular flexibility index (Phi) is 3.01. The predicted octanol–water partition coefficient (Wildman–Crippen LogP) is 2.65. The number of anilines is 1. The van der Waals surface area contributed by atoms with Crippen molar-refractivity contribution in [1.29, 1.82) is 0 Å². The van der Waals surface area contributed by atoms with Gasteiger partial charge in [-0.05, 0) is 25.3 Å². The molecule has 3 rings (SSSR count). The van der Waals surface area contributed by atoms with Crippen LogP contribution in [-0.2, 0) is 0 Å². The molecule has 18 heavy (non-hydrogen) atoms. The summed E-state index contributed by atoms with van der Waals surface area (Å²) in [5.41, 5.74) is 2.13. The summed E-state index contributed by atoms with van der Waals surface area (Å²) in [5.74, 6) is 1.78. The largest absolute Gasteiger partial charge is 0.354 e. The van der Waals surface area contributed by atoms with Crippen LogP contribution in [0.15, 0.2) is 18.5 Å². The Bertz CT molecular complexity index is 565. The van der Waals surface area contributed by atoms with Crippen LogP contribution < -0.4 is 4.90 Å². The van der Waals surface area contributed by atoms with E-state index in [1.165, 1.54) is 6.42 Å². The van der Waals surface area contributed by atoms with Crippen LogP contribution in [0.2, 0.25) is 0 Å². The lowest BCUT2D eigenvalue weighted by Gasteiger charge is -2.35. The number of halogens is 1. The SMILES string of the molecule is Cc1cc2c(N3CCC(C)C(Br)C3)nccn2n1. The second kappa shape index (κ2) is 4.53. The van der Waals surface area contributed by atoms with Crippen molar-refractivity contribution < 1.29 is 0 Å². The first-order valence-electron chi connectivity index (χ1n) is 6.35. The number of hydrogen-bond acceptors (Lipinski definition) is 3. The lowest BCUT2D eigenvalue weighted by Crippen LogP contribution is -2.40.